The number of hydrogen-bond acceptors (Lipinski definition) is 6. The molecule has 1 aromatic heterocycles. The summed E-state index contributed by atoms with van der Waals surface area (Å²) in [5.41, 5.74) is 1.02. The van der Waals surface area contributed by atoms with Crippen molar-refractivity contribution in [1.29, 1.82) is 0 Å². The predicted octanol–water partition coefficient (Wildman–Crippen LogP) is 1.07. The first kappa shape index (κ1) is 17.3. The van der Waals surface area contributed by atoms with E-state index in [9.17, 15) is 8.42 Å². The lowest BCUT2D eigenvalue weighted by molar-refractivity contribution is 0.0730. The first-order valence-corrected chi connectivity index (χ1v) is 10.0. The summed E-state index contributed by atoms with van der Waals surface area (Å²) < 4.78 is 31.4. The normalized spacial score (nSPS) is 23.7. The van der Waals surface area contributed by atoms with Crippen molar-refractivity contribution in [3.63, 3.8) is 0 Å². The Hall–Kier alpha value is -1.13. The SMILES string of the molecule is O=S(=O)(c1ccc2nnn(OC[C@H]3CC3(Cl)Cl)c2c1)N1CCOCC1. The van der Waals surface area contributed by atoms with Crippen LogP contribution in [0.2, 0.25) is 0 Å². The summed E-state index contributed by atoms with van der Waals surface area (Å²) in [6.45, 7) is 1.74. The molecule has 2 aliphatic rings. The van der Waals surface area contributed by atoms with Crippen LogP contribution >= 0.6 is 23.2 Å². The van der Waals surface area contributed by atoms with E-state index in [1.54, 1.807) is 6.07 Å². The van der Waals surface area contributed by atoms with E-state index in [2.05, 4.69) is 10.3 Å². The van der Waals surface area contributed by atoms with Gasteiger partial charge < -0.3 is 9.57 Å². The molecule has 0 radical (unpaired) electrons. The Bertz CT molecular complexity index is 895. The van der Waals surface area contributed by atoms with Gasteiger partial charge in [-0.3, -0.25) is 0 Å². The van der Waals surface area contributed by atoms with Gasteiger partial charge in [-0.1, -0.05) is 4.85 Å². The van der Waals surface area contributed by atoms with Gasteiger partial charge in [0.15, 0.2) is 0 Å². The maximum Gasteiger partial charge on any atom is 0.243 e. The molecule has 8 nitrogen and oxygen atoms in total. The van der Waals surface area contributed by atoms with Crippen molar-refractivity contribution in [2.45, 2.75) is 15.6 Å². The number of fused-ring (bicyclic) bond motifs is 1. The number of morpholine rings is 1. The van der Waals surface area contributed by atoms with Crippen molar-refractivity contribution in [1.82, 2.24) is 19.5 Å². The lowest BCUT2D eigenvalue weighted by atomic mass is 10.3. The lowest BCUT2D eigenvalue weighted by Gasteiger charge is -2.26. The molecule has 0 spiro atoms. The highest BCUT2D eigenvalue weighted by atomic mass is 35.5. The number of ether oxygens (including phenoxy) is 1. The Morgan fingerprint density at radius 1 is 1.32 bits per heavy atom. The molecule has 1 saturated carbocycles. The maximum atomic E-state index is 12.8. The van der Waals surface area contributed by atoms with Crippen LogP contribution in [0.25, 0.3) is 11.0 Å². The highest BCUT2D eigenvalue weighted by Gasteiger charge is 2.52. The second-order valence-electron chi connectivity index (χ2n) is 6.09. The summed E-state index contributed by atoms with van der Waals surface area (Å²) >= 11 is 12.0. The van der Waals surface area contributed by atoms with Gasteiger partial charge in [0.1, 0.15) is 22.0 Å². The van der Waals surface area contributed by atoms with Gasteiger partial charge in [0.25, 0.3) is 0 Å². The molecule has 136 valence electrons. The largest absolute Gasteiger partial charge is 0.395 e. The summed E-state index contributed by atoms with van der Waals surface area (Å²) in [6, 6.07) is 4.65. The average molecular weight is 407 g/mol. The third kappa shape index (κ3) is 3.31. The fraction of sp³-hybridized carbons (Fsp3) is 0.571. The second-order valence-corrected chi connectivity index (χ2v) is 9.57. The number of nitrogens with zero attached hydrogens (tertiary/aromatic N) is 4. The van der Waals surface area contributed by atoms with E-state index in [0.717, 1.165) is 0 Å². The molecule has 1 aromatic carbocycles. The molecule has 4 rings (SSSR count). The third-order valence-electron chi connectivity index (χ3n) is 4.35. The highest BCUT2D eigenvalue weighted by molar-refractivity contribution is 7.89. The van der Waals surface area contributed by atoms with Gasteiger partial charge in [-0.25, -0.2) is 8.42 Å². The molecule has 2 heterocycles. The van der Waals surface area contributed by atoms with Crippen LogP contribution in [0, 0.1) is 5.92 Å². The van der Waals surface area contributed by atoms with E-state index in [4.69, 9.17) is 32.8 Å². The summed E-state index contributed by atoms with van der Waals surface area (Å²) in [5, 5.41) is 7.89. The quantitative estimate of drug-likeness (QED) is 0.690. The lowest BCUT2D eigenvalue weighted by Crippen LogP contribution is -2.40. The number of rotatable bonds is 5. The molecule has 2 fully saturated rings. The predicted molar refractivity (Wildman–Crippen MR) is 91.1 cm³/mol. The van der Waals surface area contributed by atoms with Crippen LogP contribution in [0.5, 0.6) is 0 Å². The molecule has 2 aromatic rings. The van der Waals surface area contributed by atoms with Crippen LogP contribution in [-0.4, -0.2) is 65.1 Å². The van der Waals surface area contributed by atoms with Gasteiger partial charge in [-0.15, -0.1) is 28.3 Å². The molecular weight excluding hydrogens is 391 g/mol. The molecule has 1 aliphatic heterocycles. The van der Waals surface area contributed by atoms with Crippen LogP contribution in [0.4, 0.5) is 0 Å². The monoisotopic (exact) mass is 406 g/mol. The summed E-state index contributed by atoms with van der Waals surface area (Å²) in [5.74, 6) is 0.0235. The molecule has 11 heteroatoms. The van der Waals surface area contributed by atoms with E-state index in [-0.39, 0.29) is 17.4 Å². The first-order valence-electron chi connectivity index (χ1n) is 7.82. The molecule has 0 bridgehead atoms. The van der Waals surface area contributed by atoms with Crippen molar-refractivity contribution >= 4 is 44.3 Å². The Kier molecular flexibility index (Phi) is 4.32. The number of alkyl halides is 2. The molecular formula is C14H16Cl2N4O4S. The minimum absolute atomic E-state index is 0.0235. The van der Waals surface area contributed by atoms with Crippen molar-refractivity contribution in [3.05, 3.63) is 18.2 Å². The molecule has 0 amide bonds. The molecule has 1 saturated heterocycles. The standard InChI is InChI=1S/C14H16Cl2N4O4S/c15-14(16)8-10(14)9-24-20-13-7-11(1-2-12(13)17-18-20)25(21,22)19-3-5-23-6-4-19/h1-2,7,10H,3-6,8-9H2/t10-/m1/s1. The van der Waals surface area contributed by atoms with Crippen LogP contribution in [0.15, 0.2) is 23.1 Å². The summed E-state index contributed by atoms with van der Waals surface area (Å²) in [7, 11) is -3.60. The molecule has 0 unspecified atom stereocenters. The highest BCUT2D eigenvalue weighted by Crippen LogP contribution is 2.52. The fourth-order valence-corrected chi connectivity index (χ4v) is 4.61. The number of hydrogen-bond donors (Lipinski definition) is 0. The minimum atomic E-state index is -3.60. The zero-order valence-electron chi connectivity index (χ0n) is 13.1. The number of aromatic nitrogens is 3. The number of benzene rings is 1. The topological polar surface area (TPSA) is 86.5 Å². The zero-order valence-corrected chi connectivity index (χ0v) is 15.5. The van der Waals surface area contributed by atoms with Crippen LogP contribution < -0.4 is 4.84 Å². The number of halogens is 2. The van der Waals surface area contributed by atoms with Crippen molar-refractivity contribution in [2.24, 2.45) is 5.92 Å². The Labute approximate surface area is 154 Å². The smallest absolute Gasteiger partial charge is 0.243 e. The summed E-state index contributed by atoms with van der Waals surface area (Å²) in [4.78, 5) is 6.97. The van der Waals surface area contributed by atoms with Gasteiger partial charge >= 0.3 is 0 Å². The molecule has 25 heavy (non-hydrogen) atoms. The summed E-state index contributed by atoms with van der Waals surface area (Å²) in [6.07, 6.45) is 0.652. The average Bonchev–Trinajstić information content (AvgIpc) is 3.03. The molecule has 1 aliphatic carbocycles. The van der Waals surface area contributed by atoms with E-state index in [1.807, 2.05) is 0 Å². The van der Waals surface area contributed by atoms with Crippen LogP contribution in [0.3, 0.4) is 0 Å². The number of sulfonamides is 1. The van der Waals surface area contributed by atoms with Crippen molar-refractivity contribution in [2.75, 3.05) is 32.9 Å². The van der Waals surface area contributed by atoms with Gasteiger partial charge in [0.2, 0.25) is 10.0 Å². The Morgan fingerprint density at radius 3 is 2.72 bits per heavy atom. The van der Waals surface area contributed by atoms with E-state index < -0.39 is 14.4 Å². The molecule has 1 atom stereocenters. The van der Waals surface area contributed by atoms with Crippen LogP contribution in [-0.2, 0) is 14.8 Å². The van der Waals surface area contributed by atoms with Gasteiger partial charge in [-0.2, -0.15) is 4.31 Å². The Morgan fingerprint density at radius 2 is 2.04 bits per heavy atom. The zero-order chi connectivity index (χ0) is 17.7. The van der Waals surface area contributed by atoms with Crippen LogP contribution in [0.1, 0.15) is 6.42 Å². The Balaban J connectivity index is 1.59. The van der Waals surface area contributed by atoms with E-state index in [0.29, 0.717) is 43.8 Å². The van der Waals surface area contributed by atoms with Crippen molar-refractivity contribution < 1.29 is 18.0 Å². The van der Waals surface area contributed by atoms with Gasteiger partial charge in [-0.05, 0) is 29.8 Å². The third-order valence-corrected chi connectivity index (χ3v) is 7.17. The minimum Gasteiger partial charge on any atom is -0.395 e. The first-order chi connectivity index (χ1) is 11.9. The maximum absolute atomic E-state index is 12.8. The van der Waals surface area contributed by atoms with Gasteiger partial charge in [0.05, 0.1) is 18.1 Å². The van der Waals surface area contributed by atoms with E-state index in [1.165, 1.54) is 21.3 Å². The molecule has 0 N–H and O–H groups in total. The van der Waals surface area contributed by atoms with Gasteiger partial charge in [0, 0.05) is 19.0 Å². The van der Waals surface area contributed by atoms with Crippen molar-refractivity contribution in [3.8, 4) is 0 Å². The second kappa shape index (κ2) is 6.24. The van der Waals surface area contributed by atoms with E-state index >= 15 is 0 Å². The fourth-order valence-electron chi connectivity index (χ4n) is 2.68.